The van der Waals surface area contributed by atoms with E-state index in [0.717, 1.165) is 36.4 Å². The summed E-state index contributed by atoms with van der Waals surface area (Å²) in [6.07, 6.45) is 4.59. The normalized spacial score (nSPS) is 30.6. The van der Waals surface area contributed by atoms with E-state index in [4.69, 9.17) is 4.74 Å². The van der Waals surface area contributed by atoms with Crippen LogP contribution in [0.15, 0.2) is 5.38 Å². The molecular formula is C12H19NO2S. The van der Waals surface area contributed by atoms with Gasteiger partial charge in [-0.05, 0) is 32.6 Å². The lowest BCUT2D eigenvalue weighted by Gasteiger charge is -2.34. The van der Waals surface area contributed by atoms with Gasteiger partial charge >= 0.3 is 0 Å². The lowest BCUT2D eigenvalue weighted by molar-refractivity contribution is -0.0427. The molecule has 0 spiro atoms. The summed E-state index contributed by atoms with van der Waals surface area (Å²) in [7, 11) is 1.75. The summed E-state index contributed by atoms with van der Waals surface area (Å²) >= 11 is 1.65. The van der Waals surface area contributed by atoms with Crippen LogP contribution in [0, 0.1) is 6.92 Å². The fraction of sp³-hybridized carbons (Fsp3) is 0.750. The summed E-state index contributed by atoms with van der Waals surface area (Å²) < 4.78 is 5.31. The summed E-state index contributed by atoms with van der Waals surface area (Å²) in [6, 6.07) is 0. The number of hydrogen-bond donors (Lipinski definition) is 1. The van der Waals surface area contributed by atoms with Crippen LogP contribution in [-0.4, -0.2) is 28.9 Å². The van der Waals surface area contributed by atoms with Crippen LogP contribution in [0.5, 0.6) is 0 Å². The van der Waals surface area contributed by atoms with Gasteiger partial charge in [0.2, 0.25) is 0 Å². The highest BCUT2D eigenvalue weighted by molar-refractivity contribution is 7.09. The number of thiazole rings is 1. The number of aliphatic hydroxyl groups is 1. The van der Waals surface area contributed by atoms with E-state index in [-0.39, 0.29) is 0 Å². The minimum absolute atomic E-state index is 0.332. The predicted octanol–water partition coefficient (Wildman–Crippen LogP) is 2.31. The van der Waals surface area contributed by atoms with E-state index < -0.39 is 5.60 Å². The SMILES string of the molecule is COC1CCC(O)(Cc2nc(C)cs2)CC1. The van der Waals surface area contributed by atoms with Crippen molar-refractivity contribution < 1.29 is 9.84 Å². The maximum absolute atomic E-state index is 10.5. The first-order chi connectivity index (χ1) is 7.61. The van der Waals surface area contributed by atoms with Crippen LogP contribution >= 0.6 is 11.3 Å². The predicted molar refractivity (Wildman–Crippen MR) is 64.8 cm³/mol. The van der Waals surface area contributed by atoms with Crippen molar-refractivity contribution in [1.29, 1.82) is 0 Å². The van der Waals surface area contributed by atoms with Crippen molar-refractivity contribution in [1.82, 2.24) is 4.98 Å². The zero-order valence-electron chi connectivity index (χ0n) is 9.90. The van der Waals surface area contributed by atoms with Crippen LogP contribution in [-0.2, 0) is 11.2 Å². The second-order valence-corrected chi connectivity index (χ2v) is 5.66. The van der Waals surface area contributed by atoms with Crippen LogP contribution in [0.1, 0.15) is 36.4 Å². The van der Waals surface area contributed by atoms with Crippen LogP contribution in [0.4, 0.5) is 0 Å². The zero-order valence-corrected chi connectivity index (χ0v) is 10.7. The van der Waals surface area contributed by atoms with Gasteiger partial charge in [-0.1, -0.05) is 0 Å². The van der Waals surface area contributed by atoms with E-state index in [1.807, 2.05) is 12.3 Å². The Balaban J connectivity index is 1.94. The first-order valence-corrected chi connectivity index (χ1v) is 6.65. The first kappa shape index (κ1) is 12.0. The topological polar surface area (TPSA) is 42.4 Å². The lowest BCUT2D eigenvalue weighted by atomic mass is 9.81. The van der Waals surface area contributed by atoms with E-state index in [9.17, 15) is 5.11 Å². The fourth-order valence-electron chi connectivity index (χ4n) is 2.31. The quantitative estimate of drug-likeness (QED) is 0.883. The molecule has 1 heterocycles. The smallest absolute Gasteiger partial charge is 0.0956 e. The molecule has 1 saturated carbocycles. The van der Waals surface area contributed by atoms with Crippen molar-refractivity contribution in [3.05, 3.63) is 16.1 Å². The summed E-state index contributed by atoms with van der Waals surface area (Å²) in [5.41, 5.74) is 0.494. The second-order valence-electron chi connectivity index (χ2n) is 4.72. The highest BCUT2D eigenvalue weighted by Gasteiger charge is 2.34. The van der Waals surface area contributed by atoms with Crippen molar-refractivity contribution >= 4 is 11.3 Å². The van der Waals surface area contributed by atoms with Gasteiger partial charge in [0.25, 0.3) is 0 Å². The average molecular weight is 241 g/mol. The maximum atomic E-state index is 10.5. The molecule has 0 unspecified atom stereocenters. The number of aromatic nitrogens is 1. The van der Waals surface area contributed by atoms with Crippen LogP contribution in [0.3, 0.4) is 0 Å². The minimum atomic E-state index is -0.556. The number of methoxy groups -OCH3 is 1. The molecule has 16 heavy (non-hydrogen) atoms. The molecule has 0 radical (unpaired) electrons. The molecule has 1 aliphatic rings. The highest BCUT2D eigenvalue weighted by Crippen LogP contribution is 2.33. The number of ether oxygens (including phenoxy) is 1. The Hall–Kier alpha value is -0.450. The molecule has 0 atom stereocenters. The van der Waals surface area contributed by atoms with Crippen molar-refractivity contribution in [2.75, 3.05) is 7.11 Å². The van der Waals surface area contributed by atoms with Gasteiger partial charge in [-0.3, -0.25) is 0 Å². The second kappa shape index (κ2) is 4.82. The van der Waals surface area contributed by atoms with Gasteiger partial charge in [0.1, 0.15) is 0 Å². The van der Waals surface area contributed by atoms with Crippen molar-refractivity contribution in [3.63, 3.8) is 0 Å². The Labute approximate surface area is 100 Å². The first-order valence-electron chi connectivity index (χ1n) is 5.77. The Morgan fingerprint density at radius 1 is 1.56 bits per heavy atom. The van der Waals surface area contributed by atoms with Gasteiger partial charge in [-0.2, -0.15) is 0 Å². The number of aryl methyl sites for hydroxylation is 1. The number of hydrogen-bond acceptors (Lipinski definition) is 4. The molecule has 0 bridgehead atoms. The molecule has 1 aliphatic carbocycles. The van der Waals surface area contributed by atoms with E-state index in [1.165, 1.54) is 0 Å². The van der Waals surface area contributed by atoms with Gasteiger partial charge in [-0.15, -0.1) is 11.3 Å². The monoisotopic (exact) mass is 241 g/mol. The summed E-state index contributed by atoms with van der Waals surface area (Å²) in [4.78, 5) is 4.42. The van der Waals surface area contributed by atoms with Gasteiger partial charge in [0, 0.05) is 24.6 Å². The molecule has 1 N–H and O–H groups in total. The van der Waals surface area contributed by atoms with E-state index in [1.54, 1.807) is 18.4 Å². The molecule has 4 heteroatoms. The summed E-state index contributed by atoms with van der Waals surface area (Å²) in [5, 5.41) is 13.6. The minimum Gasteiger partial charge on any atom is -0.389 e. The van der Waals surface area contributed by atoms with Crippen molar-refractivity contribution in [3.8, 4) is 0 Å². The van der Waals surface area contributed by atoms with Crippen LogP contribution in [0.2, 0.25) is 0 Å². The average Bonchev–Trinajstić information content (AvgIpc) is 2.64. The largest absolute Gasteiger partial charge is 0.389 e. The summed E-state index contributed by atoms with van der Waals surface area (Å²) in [5.74, 6) is 0. The van der Waals surface area contributed by atoms with E-state index in [0.29, 0.717) is 12.5 Å². The fourth-order valence-corrected chi connectivity index (χ4v) is 3.21. The van der Waals surface area contributed by atoms with E-state index >= 15 is 0 Å². The van der Waals surface area contributed by atoms with Gasteiger partial charge in [-0.25, -0.2) is 4.98 Å². The number of rotatable bonds is 3. The molecule has 90 valence electrons. The molecule has 0 amide bonds. The van der Waals surface area contributed by atoms with E-state index in [2.05, 4.69) is 4.98 Å². The lowest BCUT2D eigenvalue weighted by Crippen LogP contribution is -2.38. The van der Waals surface area contributed by atoms with Crippen molar-refractivity contribution in [2.45, 2.75) is 50.7 Å². The third-order valence-electron chi connectivity index (χ3n) is 3.34. The third kappa shape index (κ3) is 2.81. The number of nitrogens with zero attached hydrogens (tertiary/aromatic N) is 1. The van der Waals surface area contributed by atoms with Crippen molar-refractivity contribution in [2.24, 2.45) is 0 Å². The molecule has 3 nitrogen and oxygen atoms in total. The van der Waals surface area contributed by atoms with Gasteiger partial charge in [0.15, 0.2) is 0 Å². The Morgan fingerprint density at radius 3 is 2.75 bits per heavy atom. The standard InChI is InChI=1S/C12H19NO2S/c1-9-8-16-11(13-9)7-12(14)5-3-10(15-2)4-6-12/h8,10,14H,3-7H2,1-2H3. The highest BCUT2D eigenvalue weighted by atomic mass is 32.1. The van der Waals surface area contributed by atoms with Gasteiger partial charge < -0.3 is 9.84 Å². The molecule has 0 aliphatic heterocycles. The third-order valence-corrected chi connectivity index (χ3v) is 4.31. The molecule has 2 rings (SSSR count). The zero-order chi connectivity index (χ0) is 11.6. The Bertz CT molecular complexity index is 343. The molecular weight excluding hydrogens is 222 g/mol. The molecule has 0 aromatic carbocycles. The summed E-state index contributed by atoms with van der Waals surface area (Å²) in [6.45, 7) is 1.99. The molecule has 1 fully saturated rings. The molecule has 0 saturated heterocycles. The van der Waals surface area contributed by atoms with Crippen LogP contribution < -0.4 is 0 Å². The maximum Gasteiger partial charge on any atom is 0.0956 e. The van der Waals surface area contributed by atoms with Gasteiger partial charge in [0.05, 0.1) is 16.7 Å². The van der Waals surface area contributed by atoms with Crippen LogP contribution in [0.25, 0.3) is 0 Å². The molecule has 1 aromatic heterocycles. The molecule has 1 aromatic rings. The Kier molecular flexibility index (Phi) is 3.62. The Morgan fingerprint density at radius 2 is 2.25 bits per heavy atom.